The largest absolute Gasteiger partial charge is 0.482 e. The number of urea groups is 1. The average Bonchev–Trinajstić information content (AvgIpc) is 2.47. The van der Waals surface area contributed by atoms with Gasteiger partial charge < -0.3 is 20.5 Å². The molecule has 1 saturated heterocycles. The van der Waals surface area contributed by atoms with E-state index >= 15 is 0 Å². The van der Waals surface area contributed by atoms with Crippen LogP contribution >= 0.6 is 11.8 Å². The maximum Gasteiger partial charge on any atom is 0.341 e. The average molecular weight is 310 g/mol. The number of carboxylic acid groups (broad SMARTS) is 1. The van der Waals surface area contributed by atoms with Gasteiger partial charge in [-0.05, 0) is 42.9 Å². The highest BCUT2D eigenvalue weighted by molar-refractivity contribution is 7.99. The van der Waals surface area contributed by atoms with Crippen LogP contribution < -0.4 is 15.4 Å². The lowest BCUT2D eigenvalue weighted by molar-refractivity contribution is -0.139. The first-order chi connectivity index (χ1) is 10.1. The number of carbonyl (C=O) groups excluding carboxylic acids is 1. The topological polar surface area (TPSA) is 87.7 Å². The van der Waals surface area contributed by atoms with Crippen LogP contribution in [0.15, 0.2) is 24.3 Å². The summed E-state index contributed by atoms with van der Waals surface area (Å²) in [5, 5.41) is 14.2. The molecule has 1 aromatic rings. The third-order valence-corrected chi connectivity index (χ3v) is 4.19. The van der Waals surface area contributed by atoms with E-state index in [4.69, 9.17) is 9.84 Å². The number of ether oxygens (including phenoxy) is 1. The summed E-state index contributed by atoms with van der Waals surface area (Å²) in [6.07, 6.45) is 2.15. The Balaban J connectivity index is 1.79. The first-order valence-corrected chi connectivity index (χ1v) is 7.89. The number of hydrogen-bond acceptors (Lipinski definition) is 4. The van der Waals surface area contributed by atoms with Crippen LogP contribution in [0, 0.1) is 0 Å². The van der Waals surface area contributed by atoms with Gasteiger partial charge in [-0.25, -0.2) is 9.59 Å². The fourth-order valence-corrected chi connectivity index (χ4v) is 3.06. The van der Waals surface area contributed by atoms with Gasteiger partial charge in [0.1, 0.15) is 5.75 Å². The lowest BCUT2D eigenvalue weighted by Gasteiger charge is -2.22. The van der Waals surface area contributed by atoms with Crippen molar-refractivity contribution in [2.24, 2.45) is 0 Å². The van der Waals surface area contributed by atoms with E-state index in [0.717, 1.165) is 24.3 Å². The number of hydrogen-bond donors (Lipinski definition) is 3. The molecule has 3 N–H and O–H groups in total. The van der Waals surface area contributed by atoms with Gasteiger partial charge in [0.2, 0.25) is 0 Å². The Bertz CT molecular complexity index is 486. The summed E-state index contributed by atoms with van der Waals surface area (Å²) in [6.45, 7) is -0.382. The van der Waals surface area contributed by atoms with Crippen LogP contribution in [0.4, 0.5) is 10.5 Å². The molecule has 2 rings (SSSR count). The molecule has 1 aliphatic heterocycles. The van der Waals surface area contributed by atoms with E-state index < -0.39 is 5.97 Å². The first kappa shape index (κ1) is 15.5. The molecule has 0 aliphatic carbocycles. The molecule has 114 valence electrons. The van der Waals surface area contributed by atoms with Gasteiger partial charge in [0.15, 0.2) is 6.61 Å². The lowest BCUT2D eigenvalue weighted by Crippen LogP contribution is -2.40. The molecule has 6 nitrogen and oxygen atoms in total. The second-order valence-electron chi connectivity index (χ2n) is 4.72. The van der Waals surface area contributed by atoms with Crippen molar-refractivity contribution in [1.29, 1.82) is 0 Å². The van der Waals surface area contributed by atoms with E-state index in [-0.39, 0.29) is 18.7 Å². The highest BCUT2D eigenvalue weighted by atomic mass is 32.2. The van der Waals surface area contributed by atoms with E-state index in [1.165, 1.54) is 0 Å². The summed E-state index contributed by atoms with van der Waals surface area (Å²) >= 11 is 1.85. The minimum absolute atomic E-state index is 0.221. The third-order valence-electron chi connectivity index (χ3n) is 2.97. The number of carboxylic acids is 1. The van der Waals surface area contributed by atoms with Crippen LogP contribution in [0.25, 0.3) is 0 Å². The molecule has 1 fully saturated rings. The molecule has 7 heteroatoms. The fourth-order valence-electron chi connectivity index (χ4n) is 1.99. The predicted molar refractivity (Wildman–Crippen MR) is 82.1 cm³/mol. The number of amides is 2. The Hall–Kier alpha value is -1.89. The maximum atomic E-state index is 11.8. The Labute approximate surface area is 127 Å². The first-order valence-electron chi connectivity index (χ1n) is 6.73. The summed E-state index contributed by atoms with van der Waals surface area (Å²) in [7, 11) is 0. The van der Waals surface area contributed by atoms with E-state index in [1.807, 2.05) is 11.8 Å². The van der Waals surface area contributed by atoms with Gasteiger partial charge in [-0.2, -0.15) is 11.8 Å². The molecule has 1 aromatic carbocycles. The van der Waals surface area contributed by atoms with Gasteiger partial charge in [0.05, 0.1) is 0 Å². The number of thioether (sulfide) groups is 1. The number of carbonyl (C=O) groups is 2. The SMILES string of the molecule is O=C(O)COc1ccc(NC(=O)NC2CCCSC2)cc1. The standard InChI is InChI=1S/C14H18N2O4S/c17-13(18)8-20-12-5-3-10(4-6-12)15-14(19)16-11-2-1-7-21-9-11/h3-6,11H,1-2,7-9H2,(H,17,18)(H2,15,16,19). The molecule has 0 radical (unpaired) electrons. The monoisotopic (exact) mass is 310 g/mol. The normalized spacial score (nSPS) is 17.8. The van der Waals surface area contributed by atoms with E-state index in [0.29, 0.717) is 11.4 Å². The van der Waals surface area contributed by atoms with Gasteiger partial charge in [-0.1, -0.05) is 0 Å². The number of nitrogens with one attached hydrogen (secondary N) is 2. The van der Waals surface area contributed by atoms with Crippen molar-refractivity contribution in [2.75, 3.05) is 23.4 Å². The Morgan fingerprint density at radius 1 is 1.33 bits per heavy atom. The van der Waals surface area contributed by atoms with Crippen molar-refractivity contribution in [2.45, 2.75) is 18.9 Å². The van der Waals surface area contributed by atoms with Crippen LogP contribution in [0.2, 0.25) is 0 Å². The quantitative estimate of drug-likeness (QED) is 0.776. The zero-order chi connectivity index (χ0) is 15.1. The molecule has 1 aliphatic rings. The molecule has 1 atom stereocenters. The molecular formula is C14H18N2O4S. The van der Waals surface area contributed by atoms with Crippen molar-refractivity contribution in [3.8, 4) is 5.75 Å². The second kappa shape index (κ2) is 7.78. The van der Waals surface area contributed by atoms with Crippen molar-refractivity contribution in [3.05, 3.63) is 24.3 Å². The van der Waals surface area contributed by atoms with Gasteiger partial charge in [-0.15, -0.1) is 0 Å². The number of benzene rings is 1. The van der Waals surface area contributed by atoms with Gasteiger partial charge in [-0.3, -0.25) is 0 Å². The van der Waals surface area contributed by atoms with E-state index in [1.54, 1.807) is 24.3 Å². The third kappa shape index (κ3) is 5.55. The molecule has 1 unspecified atom stereocenters. The highest BCUT2D eigenvalue weighted by Gasteiger charge is 2.15. The van der Waals surface area contributed by atoms with Crippen LogP contribution in [-0.2, 0) is 4.79 Å². The van der Waals surface area contributed by atoms with Crippen molar-refractivity contribution in [3.63, 3.8) is 0 Å². The van der Waals surface area contributed by atoms with E-state index in [9.17, 15) is 9.59 Å². The van der Waals surface area contributed by atoms with Crippen molar-refractivity contribution < 1.29 is 19.4 Å². The Morgan fingerprint density at radius 2 is 2.10 bits per heavy atom. The predicted octanol–water partition coefficient (Wildman–Crippen LogP) is 2.17. The zero-order valence-corrected chi connectivity index (χ0v) is 12.3. The Kier molecular flexibility index (Phi) is 5.74. The van der Waals surface area contributed by atoms with Crippen LogP contribution in [0.3, 0.4) is 0 Å². The minimum Gasteiger partial charge on any atom is -0.482 e. The summed E-state index contributed by atoms with van der Waals surface area (Å²) in [4.78, 5) is 22.2. The molecule has 2 amide bonds. The van der Waals surface area contributed by atoms with Gasteiger partial charge in [0, 0.05) is 17.5 Å². The van der Waals surface area contributed by atoms with Crippen LogP contribution in [0.1, 0.15) is 12.8 Å². The number of anilines is 1. The smallest absolute Gasteiger partial charge is 0.341 e. The van der Waals surface area contributed by atoms with Crippen molar-refractivity contribution in [1.82, 2.24) is 5.32 Å². The van der Waals surface area contributed by atoms with E-state index in [2.05, 4.69) is 10.6 Å². The number of rotatable bonds is 5. The Morgan fingerprint density at radius 3 is 2.71 bits per heavy atom. The molecular weight excluding hydrogens is 292 g/mol. The molecule has 0 spiro atoms. The summed E-state index contributed by atoms with van der Waals surface area (Å²) in [5.74, 6) is 1.54. The lowest BCUT2D eigenvalue weighted by atomic mass is 10.2. The van der Waals surface area contributed by atoms with Gasteiger partial charge in [0.25, 0.3) is 0 Å². The molecule has 0 aromatic heterocycles. The minimum atomic E-state index is -1.03. The second-order valence-corrected chi connectivity index (χ2v) is 5.87. The maximum absolute atomic E-state index is 11.8. The van der Waals surface area contributed by atoms with Crippen molar-refractivity contribution >= 4 is 29.4 Å². The highest BCUT2D eigenvalue weighted by Crippen LogP contribution is 2.18. The molecule has 0 bridgehead atoms. The van der Waals surface area contributed by atoms with Crippen LogP contribution in [0.5, 0.6) is 5.75 Å². The molecule has 21 heavy (non-hydrogen) atoms. The van der Waals surface area contributed by atoms with Crippen LogP contribution in [-0.4, -0.2) is 41.3 Å². The summed E-state index contributed by atoms with van der Waals surface area (Å²) in [5.41, 5.74) is 0.638. The molecule has 1 heterocycles. The summed E-state index contributed by atoms with van der Waals surface area (Å²) < 4.78 is 5.02. The summed E-state index contributed by atoms with van der Waals surface area (Å²) in [6, 6.07) is 6.59. The zero-order valence-electron chi connectivity index (χ0n) is 11.5. The van der Waals surface area contributed by atoms with Gasteiger partial charge >= 0.3 is 12.0 Å². The molecule has 0 saturated carbocycles. The fraction of sp³-hybridized carbons (Fsp3) is 0.429. The number of aliphatic carboxylic acids is 1.